The molecule has 1 nitrogen and oxygen atoms in total. The molecule has 1 saturated carbocycles. The SMILES string of the molecule is Cc1ccc(CC2CC(C)(C)CCC2N)c(Cl)c1. The Hall–Kier alpha value is -0.530. The molecule has 0 aliphatic heterocycles. The van der Waals surface area contributed by atoms with Crippen LogP contribution in [0.2, 0.25) is 5.02 Å². The molecule has 1 aliphatic carbocycles. The third-order valence-electron chi connectivity index (χ3n) is 4.27. The Labute approximate surface area is 116 Å². The highest BCUT2D eigenvalue weighted by Crippen LogP contribution is 2.40. The fourth-order valence-electron chi connectivity index (χ4n) is 3.08. The molecule has 2 atom stereocenters. The van der Waals surface area contributed by atoms with Gasteiger partial charge in [0, 0.05) is 11.1 Å². The van der Waals surface area contributed by atoms with E-state index in [1.807, 2.05) is 0 Å². The summed E-state index contributed by atoms with van der Waals surface area (Å²) in [5, 5.41) is 0.894. The summed E-state index contributed by atoms with van der Waals surface area (Å²) in [6.07, 6.45) is 4.61. The third-order valence-corrected chi connectivity index (χ3v) is 4.62. The van der Waals surface area contributed by atoms with Crippen LogP contribution in [0.25, 0.3) is 0 Å². The maximum Gasteiger partial charge on any atom is 0.0440 e. The van der Waals surface area contributed by atoms with Gasteiger partial charge < -0.3 is 5.73 Å². The first-order valence-electron chi connectivity index (χ1n) is 6.88. The van der Waals surface area contributed by atoms with E-state index in [-0.39, 0.29) is 0 Å². The highest BCUT2D eigenvalue weighted by Gasteiger charge is 2.33. The molecule has 2 N–H and O–H groups in total. The molecule has 1 aromatic rings. The van der Waals surface area contributed by atoms with E-state index in [9.17, 15) is 0 Å². The summed E-state index contributed by atoms with van der Waals surface area (Å²) in [5.41, 5.74) is 9.18. The summed E-state index contributed by atoms with van der Waals surface area (Å²) in [6.45, 7) is 6.77. The van der Waals surface area contributed by atoms with Crippen molar-refractivity contribution < 1.29 is 0 Å². The Morgan fingerprint density at radius 1 is 1.39 bits per heavy atom. The zero-order valence-corrected chi connectivity index (χ0v) is 12.4. The molecule has 0 spiro atoms. The summed E-state index contributed by atoms with van der Waals surface area (Å²) < 4.78 is 0. The number of hydrogen-bond acceptors (Lipinski definition) is 1. The molecule has 0 amide bonds. The first-order valence-corrected chi connectivity index (χ1v) is 7.26. The van der Waals surface area contributed by atoms with Gasteiger partial charge in [0.2, 0.25) is 0 Å². The van der Waals surface area contributed by atoms with Crippen LogP contribution in [0, 0.1) is 18.3 Å². The minimum Gasteiger partial charge on any atom is -0.327 e. The number of rotatable bonds is 2. The van der Waals surface area contributed by atoms with Gasteiger partial charge >= 0.3 is 0 Å². The maximum atomic E-state index is 6.33. The lowest BCUT2D eigenvalue weighted by molar-refractivity contribution is 0.157. The van der Waals surface area contributed by atoms with E-state index in [1.54, 1.807) is 0 Å². The Kier molecular flexibility index (Phi) is 4.03. The maximum absolute atomic E-state index is 6.33. The van der Waals surface area contributed by atoms with Gasteiger partial charge in [0.05, 0.1) is 0 Å². The molecule has 1 aliphatic rings. The zero-order valence-electron chi connectivity index (χ0n) is 11.7. The minimum atomic E-state index is 0.329. The summed E-state index contributed by atoms with van der Waals surface area (Å²) in [4.78, 5) is 0. The van der Waals surface area contributed by atoms with Crippen molar-refractivity contribution in [3.05, 3.63) is 34.3 Å². The highest BCUT2D eigenvalue weighted by atomic mass is 35.5. The molecule has 100 valence electrons. The number of nitrogens with two attached hydrogens (primary N) is 1. The van der Waals surface area contributed by atoms with Gasteiger partial charge in [0.1, 0.15) is 0 Å². The van der Waals surface area contributed by atoms with E-state index < -0.39 is 0 Å². The molecule has 0 saturated heterocycles. The second-order valence-corrected chi connectivity index (χ2v) is 7.04. The van der Waals surface area contributed by atoms with Crippen LogP contribution < -0.4 is 5.73 Å². The fourth-order valence-corrected chi connectivity index (χ4v) is 3.39. The van der Waals surface area contributed by atoms with Crippen molar-refractivity contribution in [1.29, 1.82) is 0 Å². The quantitative estimate of drug-likeness (QED) is 0.846. The van der Waals surface area contributed by atoms with Crippen molar-refractivity contribution in [2.24, 2.45) is 17.1 Å². The standard InChI is InChI=1S/C16H24ClN/c1-11-4-5-12(14(17)8-11)9-13-10-16(2,3)7-6-15(13)18/h4-5,8,13,15H,6-7,9-10,18H2,1-3H3. The van der Waals surface area contributed by atoms with Gasteiger partial charge in [-0.1, -0.05) is 37.6 Å². The van der Waals surface area contributed by atoms with E-state index >= 15 is 0 Å². The third kappa shape index (κ3) is 3.27. The van der Waals surface area contributed by atoms with Crippen LogP contribution in [-0.4, -0.2) is 6.04 Å². The van der Waals surface area contributed by atoms with Crippen LogP contribution in [0.1, 0.15) is 44.2 Å². The van der Waals surface area contributed by atoms with Gasteiger partial charge in [-0.25, -0.2) is 0 Å². The lowest BCUT2D eigenvalue weighted by Gasteiger charge is -2.39. The number of halogens is 1. The van der Waals surface area contributed by atoms with Crippen molar-refractivity contribution >= 4 is 11.6 Å². The molecule has 18 heavy (non-hydrogen) atoms. The minimum absolute atomic E-state index is 0.329. The van der Waals surface area contributed by atoms with Crippen LogP contribution in [-0.2, 0) is 6.42 Å². The Bertz CT molecular complexity index is 425. The Morgan fingerprint density at radius 2 is 2.11 bits per heavy atom. The van der Waals surface area contributed by atoms with Crippen LogP contribution in [0.4, 0.5) is 0 Å². The van der Waals surface area contributed by atoms with Crippen molar-refractivity contribution in [3.63, 3.8) is 0 Å². The van der Waals surface area contributed by atoms with E-state index in [2.05, 4.69) is 39.0 Å². The van der Waals surface area contributed by atoms with Gasteiger partial charge in [-0.3, -0.25) is 0 Å². The number of hydrogen-bond donors (Lipinski definition) is 1. The smallest absolute Gasteiger partial charge is 0.0440 e. The van der Waals surface area contributed by atoms with Crippen molar-refractivity contribution in [2.45, 2.75) is 52.5 Å². The first-order chi connectivity index (χ1) is 8.37. The molecule has 1 fully saturated rings. The molecule has 2 unspecified atom stereocenters. The van der Waals surface area contributed by atoms with Crippen molar-refractivity contribution in [2.75, 3.05) is 0 Å². The van der Waals surface area contributed by atoms with Crippen molar-refractivity contribution in [1.82, 2.24) is 0 Å². The van der Waals surface area contributed by atoms with Crippen LogP contribution in [0.3, 0.4) is 0 Å². The molecule has 2 rings (SSSR count). The highest BCUT2D eigenvalue weighted by molar-refractivity contribution is 6.31. The topological polar surface area (TPSA) is 26.0 Å². The molecule has 0 aromatic heterocycles. The number of benzene rings is 1. The molecular formula is C16H24ClN. The van der Waals surface area contributed by atoms with E-state index in [0.29, 0.717) is 17.4 Å². The summed E-state index contributed by atoms with van der Waals surface area (Å²) in [7, 11) is 0. The monoisotopic (exact) mass is 265 g/mol. The Balaban J connectivity index is 2.12. The van der Waals surface area contributed by atoms with Crippen LogP contribution >= 0.6 is 11.6 Å². The van der Waals surface area contributed by atoms with Gasteiger partial charge in [0.15, 0.2) is 0 Å². The second-order valence-electron chi connectivity index (χ2n) is 6.63. The van der Waals surface area contributed by atoms with E-state index in [0.717, 1.165) is 17.9 Å². The Morgan fingerprint density at radius 3 is 2.78 bits per heavy atom. The van der Waals surface area contributed by atoms with Crippen LogP contribution in [0.5, 0.6) is 0 Å². The molecule has 1 aromatic carbocycles. The zero-order chi connectivity index (χ0) is 13.3. The predicted molar refractivity (Wildman–Crippen MR) is 79.0 cm³/mol. The van der Waals surface area contributed by atoms with Gasteiger partial charge in [-0.2, -0.15) is 0 Å². The summed E-state index contributed by atoms with van der Waals surface area (Å²) in [5.74, 6) is 0.564. The van der Waals surface area contributed by atoms with Gasteiger partial charge in [-0.15, -0.1) is 0 Å². The van der Waals surface area contributed by atoms with Gasteiger partial charge in [-0.05, 0) is 61.1 Å². The summed E-state index contributed by atoms with van der Waals surface area (Å²) >= 11 is 6.33. The molecule has 0 heterocycles. The first kappa shape index (κ1) is 13.9. The normalized spacial score (nSPS) is 27.2. The molecule has 0 radical (unpaired) electrons. The average molecular weight is 266 g/mol. The average Bonchev–Trinajstić information content (AvgIpc) is 2.27. The largest absolute Gasteiger partial charge is 0.327 e. The van der Waals surface area contributed by atoms with Gasteiger partial charge in [0.25, 0.3) is 0 Å². The van der Waals surface area contributed by atoms with Crippen LogP contribution in [0.15, 0.2) is 18.2 Å². The number of aryl methyl sites for hydroxylation is 1. The molecule has 2 heteroatoms. The van der Waals surface area contributed by atoms with Crippen molar-refractivity contribution in [3.8, 4) is 0 Å². The molecule has 0 bridgehead atoms. The lowest BCUT2D eigenvalue weighted by Crippen LogP contribution is -2.40. The van der Waals surface area contributed by atoms with E-state index in [1.165, 1.54) is 24.0 Å². The summed E-state index contributed by atoms with van der Waals surface area (Å²) in [6, 6.07) is 6.68. The predicted octanol–water partition coefficient (Wildman–Crippen LogP) is 4.34. The fraction of sp³-hybridized carbons (Fsp3) is 0.625. The lowest BCUT2D eigenvalue weighted by atomic mass is 9.68. The van der Waals surface area contributed by atoms with E-state index in [4.69, 9.17) is 17.3 Å². The second kappa shape index (κ2) is 5.22. The molecular weight excluding hydrogens is 242 g/mol.